The van der Waals surface area contributed by atoms with Gasteiger partial charge in [-0.15, -0.1) is 0 Å². The van der Waals surface area contributed by atoms with Crippen molar-refractivity contribution in [3.05, 3.63) is 79.8 Å². The molecule has 3 aromatic heterocycles. The van der Waals surface area contributed by atoms with E-state index in [-0.39, 0.29) is 18.3 Å². The number of benzene rings is 2. The Morgan fingerprint density at radius 3 is 2.83 bits per heavy atom. The summed E-state index contributed by atoms with van der Waals surface area (Å²) in [4.78, 5) is 25.8. The first kappa shape index (κ1) is 22.0. The van der Waals surface area contributed by atoms with Crippen molar-refractivity contribution >= 4 is 28.4 Å². The van der Waals surface area contributed by atoms with E-state index in [0.29, 0.717) is 29.4 Å². The first-order valence-electron chi connectivity index (χ1n) is 10.9. The van der Waals surface area contributed by atoms with Crippen LogP contribution in [0.15, 0.2) is 79.8 Å². The highest BCUT2D eigenvalue weighted by Crippen LogP contribution is 2.32. The third-order valence-electron chi connectivity index (χ3n) is 5.39. The Hall–Kier alpha value is -4.83. The predicted octanol–water partition coefficient (Wildman–Crippen LogP) is 3.04. The number of aromatic nitrogens is 6. The molecule has 1 amide bonds. The summed E-state index contributed by atoms with van der Waals surface area (Å²) in [6, 6.07) is 15.1. The molecule has 0 aliphatic heterocycles. The zero-order valence-corrected chi connectivity index (χ0v) is 18.7. The molecule has 0 atom stereocenters. The minimum atomic E-state index is -0.303. The van der Waals surface area contributed by atoms with Crippen molar-refractivity contribution in [2.45, 2.75) is 6.54 Å². The fourth-order valence-corrected chi connectivity index (χ4v) is 3.78. The van der Waals surface area contributed by atoms with Crippen LogP contribution in [0.25, 0.3) is 39.5 Å². The van der Waals surface area contributed by atoms with Crippen LogP contribution in [-0.4, -0.2) is 46.9 Å². The highest BCUT2D eigenvalue weighted by Gasteiger charge is 2.20. The van der Waals surface area contributed by atoms with Crippen molar-refractivity contribution in [3.63, 3.8) is 0 Å². The van der Waals surface area contributed by atoms with E-state index in [1.165, 1.54) is 6.08 Å². The second-order valence-electron chi connectivity index (χ2n) is 7.71. The van der Waals surface area contributed by atoms with Crippen LogP contribution in [0.1, 0.15) is 0 Å². The first-order valence-corrected chi connectivity index (χ1v) is 10.9. The lowest BCUT2D eigenvalue weighted by molar-refractivity contribution is -0.111. The summed E-state index contributed by atoms with van der Waals surface area (Å²) in [7, 11) is 0. The van der Waals surface area contributed by atoms with E-state index in [2.05, 4.69) is 22.0 Å². The average Bonchev–Trinajstić information content (AvgIpc) is 3.49. The maximum atomic E-state index is 11.8. The molecule has 4 N–H and O–H groups in total. The van der Waals surface area contributed by atoms with Crippen molar-refractivity contribution in [1.82, 2.24) is 29.3 Å². The van der Waals surface area contributed by atoms with Crippen molar-refractivity contribution < 1.29 is 9.90 Å². The quantitative estimate of drug-likeness (QED) is 0.314. The van der Waals surface area contributed by atoms with Crippen LogP contribution >= 0.6 is 0 Å². The number of carbonyl (C=O) groups is 1. The molecule has 10 nitrogen and oxygen atoms in total. The van der Waals surface area contributed by atoms with Crippen LogP contribution in [0.4, 0.5) is 11.5 Å². The van der Waals surface area contributed by atoms with E-state index in [1.54, 1.807) is 29.3 Å². The number of aliphatic hydroxyl groups excluding tert-OH is 1. The van der Waals surface area contributed by atoms with E-state index >= 15 is 0 Å². The number of hydrogen-bond donors (Lipinski definition) is 3. The number of hydrogen-bond acceptors (Lipinski definition) is 7. The molecular formula is C25H22N8O2. The van der Waals surface area contributed by atoms with Gasteiger partial charge in [-0.05, 0) is 36.4 Å². The molecular weight excluding hydrogens is 444 g/mol. The summed E-state index contributed by atoms with van der Waals surface area (Å²) in [6.45, 7) is 3.86. The number of nitrogens with two attached hydrogens (primary N) is 1. The first-order chi connectivity index (χ1) is 17.1. The molecule has 174 valence electrons. The number of aliphatic hydroxyl groups is 1. The van der Waals surface area contributed by atoms with Crippen LogP contribution in [0, 0.1) is 0 Å². The molecule has 0 saturated carbocycles. The number of nitrogen functional groups attached to an aromatic ring is 1. The maximum absolute atomic E-state index is 11.8. The summed E-state index contributed by atoms with van der Waals surface area (Å²) >= 11 is 0. The van der Waals surface area contributed by atoms with Gasteiger partial charge in [0.1, 0.15) is 5.69 Å². The molecule has 5 aromatic rings. The summed E-state index contributed by atoms with van der Waals surface area (Å²) in [5.41, 5.74) is 11.0. The Kier molecular flexibility index (Phi) is 5.78. The van der Waals surface area contributed by atoms with Crippen LogP contribution in [0.2, 0.25) is 0 Å². The number of nitrogens with zero attached hydrogens (tertiary/aromatic N) is 6. The van der Waals surface area contributed by atoms with E-state index in [0.717, 1.165) is 22.3 Å². The Bertz CT molecular complexity index is 1550. The Balaban J connectivity index is 1.67. The normalized spacial score (nSPS) is 11.0. The Morgan fingerprint density at radius 2 is 2.00 bits per heavy atom. The second-order valence-corrected chi connectivity index (χ2v) is 7.71. The summed E-state index contributed by atoms with van der Waals surface area (Å²) in [6.07, 6.45) is 6.25. The number of para-hydroxylation sites is 2. The smallest absolute Gasteiger partial charge is 0.247 e. The van der Waals surface area contributed by atoms with Gasteiger partial charge >= 0.3 is 0 Å². The molecule has 0 spiro atoms. The Labute approximate surface area is 200 Å². The number of imidazole rings is 1. The lowest BCUT2D eigenvalue weighted by Crippen LogP contribution is -2.08. The van der Waals surface area contributed by atoms with Gasteiger partial charge in [-0.3, -0.25) is 14.0 Å². The van der Waals surface area contributed by atoms with Gasteiger partial charge < -0.3 is 16.2 Å². The number of anilines is 2. The number of carbonyl (C=O) groups excluding carboxylic acids is 1. The molecule has 0 radical (unpaired) electrons. The van der Waals surface area contributed by atoms with Gasteiger partial charge in [0.05, 0.1) is 42.3 Å². The van der Waals surface area contributed by atoms with Crippen molar-refractivity contribution in [2.75, 3.05) is 17.7 Å². The zero-order chi connectivity index (χ0) is 24.4. The lowest BCUT2D eigenvalue weighted by atomic mass is 10.2. The molecule has 35 heavy (non-hydrogen) atoms. The molecule has 10 heteroatoms. The molecule has 3 heterocycles. The third-order valence-corrected chi connectivity index (χ3v) is 5.39. The molecule has 2 aromatic carbocycles. The predicted molar refractivity (Wildman–Crippen MR) is 134 cm³/mol. The molecule has 0 aliphatic rings. The van der Waals surface area contributed by atoms with Crippen LogP contribution < -0.4 is 11.1 Å². The number of rotatable bonds is 7. The highest BCUT2D eigenvalue weighted by atomic mass is 16.3. The van der Waals surface area contributed by atoms with Crippen molar-refractivity contribution in [3.8, 4) is 28.5 Å². The van der Waals surface area contributed by atoms with Crippen molar-refractivity contribution in [2.24, 2.45) is 0 Å². The molecule has 0 aliphatic carbocycles. The SMILES string of the molecule is C=CC(=O)Nc1cccc(-n2c(-c3nc(-c4cnn(CCO)c4)cnc3N)nc3ccccc32)c1. The summed E-state index contributed by atoms with van der Waals surface area (Å²) < 4.78 is 3.56. The van der Waals surface area contributed by atoms with Gasteiger partial charge in [-0.25, -0.2) is 15.0 Å². The molecule has 5 rings (SSSR count). The molecule has 0 fully saturated rings. The topological polar surface area (TPSA) is 137 Å². The van der Waals surface area contributed by atoms with Crippen LogP contribution in [-0.2, 0) is 11.3 Å². The lowest BCUT2D eigenvalue weighted by Gasteiger charge is -2.12. The standard InChI is InChI=1S/C25H22N8O2/c1-2-22(35)29-17-6-5-7-18(12-17)33-21-9-4-3-8-19(21)31-25(33)23-24(26)27-14-20(30-23)16-13-28-32(15-16)10-11-34/h2-9,12-15,34H,1,10-11H2,(H2,26,27)(H,29,35). The highest BCUT2D eigenvalue weighted by molar-refractivity contribution is 5.99. The summed E-state index contributed by atoms with van der Waals surface area (Å²) in [5.74, 6) is 0.430. The van der Waals surface area contributed by atoms with E-state index in [4.69, 9.17) is 15.7 Å². The monoisotopic (exact) mass is 466 g/mol. The molecule has 0 bridgehead atoms. The molecule has 0 saturated heterocycles. The van der Waals surface area contributed by atoms with E-state index in [9.17, 15) is 9.90 Å². The number of nitrogens with one attached hydrogen (secondary N) is 1. The van der Waals surface area contributed by atoms with E-state index in [1.807, 2.05) is 47.0 Å². The zero-order valence-electron chi connectivity index (χ0n) is 18.7. The van der Waals surface area contributed by atoms with Gasteiger partial charge in [0.15, 0.2) is 11.6 Å². The van der Waals surface area contributed by atoms with Gasteiger partial charge in [0.25, 0.3) is 0 Å². The third kappa shape index (κ3) is 4.25. The van der Waals surface area contributed by atoms with Crippen LogP contribution in [0.3, 0.4) is 0 Å². The van der Waals surface area contributed by atoms with Crippen LogP contribution in [0.5, 0.6) is 0 Å². The minimum Gasteiger partial charge on any atom is -0.394 e. The Morgan fingerprint density at radius 1 is 1.14 bits per heavy atom. The number of amides is 1. The van der Waals surface area contributed by atoms with E-state index < -0.39 is 0 Å². The van der Waals surface area contributed by atoms with Gasteiger partial charge in [0.2, 0.25) is 5.91 Å². The second kappa shape index (κ2) is 9.20. The van der Waals surface area contributed by atoms with Gasteiger partial charge in [-0.2, -0.15) is 5.10 Å². The molecule has 0 unspecified atom stereocenters. The average molecular weight is 467 g/mol. The largest absolute Gasteiger partial charge is 0.394 e. The fourth-order valence-electron chi connectivity index (χ4n) is 3.78. The fraction of sp³-hybridized carbons (Fsp3) is 0.0800. The maximum Gasteiger partial charge on any atom is 0.247 e. The summed E-state index contributed by atoms with van der Waals surface area (Å²) in [5, 5.41) is 16.2. The minimum absolute atomic E-state index is 0.0177. The number of fused-ring (bicyclic) bond motifs is 1. The van der Waals surface area contributed by atoms with Crippen molar-refractivity contribution in [1.29, 1.82) is 0 Å². The van der Waals surface area contributed by atoms with Gasteiger partial charge in [-0.1, -0.05) is 24.8 Å². The van der Waals surface area contributed by atoms with Gasteiger partial charge in [0, 0.05) is 23.1 Å².